The third-order valence-corrected chi connectivity index (χ3v) is 3.45. The summed E-state index contributed by atoms with van der Waals surface area (Å²) in [6, 6.07) is 5.32. The topological polar surface area (TPSA) is 0 Å². The Morgan fingerprint density at radius 2 is 2.07 bits per heavy atom. The van der Waals surface area contributed by atoms with E-state index in [4.69, 9.17) is 0 Å². The van der Waals surface area contributed by atoms with Crippen LogP contribution in [0, 0.1) is 12.7 Å². The zero-order valence-electron chi connectivity index (χ0n) is 9.39. The number of hydrogen-bond donors (Lipinski definition) is 0. The average Bonchev–Trinajstić information content (AvgIpc) is 2.20. The number of benzene rings is 1. The standard InChI is InChI=1S/C13H18BrF/c1-3-4-12(14)7-6-11-9-10(2)5-8-13(11)15/h5,8-9,12H,3-4,6-7H2,1-2H3. The smallest absolute Gasteiger partial charge is 0.126 e. The van der Waals surface area contributed by atoms with Crippen LogP contribution < -0.4 is 0 Å². The summed E-state index contributed by atoms with van der Waals surface area (Å²) in [6.45, 7) is 4.17. The van der Waals surface area contributed by atoms with Crippen LogP contribution in [0.2, 0.25) is 0 Å². The van der Waals surface area contributed by atoms with Gasteiger partial charge in [-0.25, -0.2) is 4.39 Å². The Hall–Kier alpha value is -0.370. The molecule has 0 N–H and O–H groups in total. The third-order valence-electron chi connectivity index (χ3n) is 2.53. The summed E-state index contributed by atoms with van der Waals surface area (Å²) in [4.78, 5) is 0.516. The van der Waals surface area contributed by atoms with Gasteiger partial charge in [0, 0.05) is 4.83 Å². The van der Waals surface area contributed by atoms with Crippen LogP contribution in [-0.4, -0.2) is 4.83 Å². The van der Waals surface area contributed by atoms with Crippen molar-refractivity contribution in [2.24, 2.45) is 0 Å². The molecule has 0 aromatic heterocycles. The average molecular weight is 273 g/mol. The van der Waals surface area contributed by atoms with Crippen LogP contribution >= 0.6 is 15.9 Å². The molecule has 1 atom stereocenters. The molecular weight excluding hydrogens is 255 g/mol. The van der Waals surface area contributed by atoms with Gasteiger partial charge in [-0.2, -0.15) is 0 Å². The number of aryl methyl sites for hydroxylation is 2. The fourth-order valence-electron chi connectivity index (χ4n) is 1.66. The van der Waals surface area contributed by atoms with Gasteiger partial charge in [0.15, 0.2) is 0 Å². The van der Waals surface area contributed by atoms with Crippen molar-refractivity contribution in [2.75, 3.05) is 0 Å². The molecule has 0 heterocycles. The van der Waals surface area contributed by atoms with Crippen molar-refractivity contribution in [2.45, 2.75) is 44.4 Å². The lowest BCUT2D eigenvalue weighted by Gasteiger charge is -2.09. The quantitative estimate of drug-likeness (QED) is 0.686. The third kappa shape index (κ3) is 4.33. The highest BCUT2D eigenvalue weighted by atomic mass is 79.9. The highest BCUT2D eigenvalue weighted by Crippen LogP contribution is 2.18. The molecule has 0 bridgehead atoms. The molecule has 0 aliphatic carbocycles. The van der Waals surface area contributed by atoms with Gasteiger partial charge >= 0.3 is 0 Å². The Bertz CT molecular complexity index is 309. The van der Waals surface area contributed by atoms with E-state index >= 15 is 0 Å². The molecule has 84 valence electrons. The fraction of sp³-hybridized carbons (Fsp3) is 0.538. The molecule has 0 saturated heterocycles. The van der Waals surface area contributed by atoms with Gasteiger partial charge in [0.25, 0.3) is 0 Å². The first-order chi connectivity index (χ1) is 7.13. The van der Waals surface area contributed by atoms with Gasteiger partial charge in [-0.3, -0.25) is 0 Å². The van der Waals surface area contributed by atoms with E-state index in [1.54, 1.807) is 6.07 Å². The first-order valence-corrected chi connectivity index (χ1v) is 6.44. The molecule has 1 unspecified atom stereocenters. The van der Waals surface area contributed by atoms with E-state index in [9.17, 15) is 4.39 Å². The summed E-state index contributed by atoms with van der Waals surface area (Å²) in [6.07, 6.45) is 4.16. The molecule has 0 nitrogen and oxygen atoms in total. The van der Waals surface area contributed by atoms with Gasteiger partial charge in [-0.1, -0.05) is 47.0 Å². The molecule has 0 fully saturated rings. The summed E-state index contributed by atoms with van der Waals surface area (Å²) < 4.78 is 13.4. The van der Waals surface area contributed by atoms with Crippen molar-refractivity contribution in [3.63, 3.8) is 0 Å². The molecule has 0 aliphatic heterocycles. The van der Waals surface area contributed by atoms with Crippen molar-refractivity contribution in [1.82, 2.24) is 0 Å². The zero-order chi connectivity index (χ0) is 11.3. The summed E-state index contributed by atoms with van der Waals surface area (Å²) in [5.41, 5.74) is 1.98. The van der Waals surface area contributed by atoms with Crippen LogP contribution in [0.1, 0.15) is 37.3 Å². The molecule has 2 heteroatoms. The van der Waals surface area contributed by atoms with Gasteiger partial charge < -0.3 is 0 Å². The Kier molecular flexibility index (Phi) is 5.30. The largest absolute Gasteiger partial charge is 0.207 e. The second kappa shape index (κ2) is 6.26. The van der Waals surface area contributed by atoms with Crippen LogP contribution in [-0.2, 0) is 6.42 Å². The maximum atomic E-state index is 13.4. The van der Waals surface area contributed by atoms with Crippen LogP contribution in [0.15, 0.2) is 18.2 Å². The molecule has 1 rings (SSSR count). The summed E-state index contributed by atoms with van der Waals surface area (Å²) >= 11 is 3.62. The van der Waals surface area contributed by atoms with E-state index in [0.29, 0.717) is 4.83 Å². The first-order valence-electron chi connectivity index (χ1n) is 5.52. The van der Waals surface area contributed by atoms with Crippen molar-refractivity contribution >= 4 is 15.9 Å². The van der Waals surface area contributed by atoms with Crippen LogP contribution in [0.3, 0.4) is 0 Å². The monoisotopic (exact) mass is 272 g/mol. The highest BCUT2D eigenvalue weighted by molar-refractivity contribution is 9.09. The van der Waals surface area contributed by atoms with Crippen LogP contribution in [0.4, 0.5) is 4.39 Å². The Balaban J connectivity index is 2.53. The van der Waals surface area contributed by atoms with E-state index in [-0.39, 0.29) is 5.82 Å². The van der Waals surface area contributed by atoms with Gasteiger partial charge in [0.2, 0.25) is 0 Å². The second-order valence-electron chi connectivity index (χ2n) is 4.02. The molecule has 0 aliphatic rings. The van der Waals surface area contributed by atoms with Gasteiger partial charge in [0.05, 0.1) is 0 Å². The SMILES string of the molecule is CCCC(Br)CCc1cc(C)ccc1F. The van der Waals surface area contributed by atoms with Crippen LogP contribution in [0.25, 0.3) is 0 Å². The van der Waals surface area contributed by atoms with E-state index in [1.165, 1.54) is 6.42 Å². The van der Waals surface area contributed by atoms with E-state index < -0.39 is 0 Å². The number of rotatable bonds is 5. The molecule has 0 spiro atoms. The van der Waals surface area contributed by atoms with Gasteiger partial charge in [-0.05, 0) is 37.8 Å². The summed E-state index contributed by atoms with van der Waals surface area (Å²) in [7, 11) is 0. The highest BCUT2D eigenvalue weighted by Gasteiger charge is 2.06. The normalized spacial score (nSPS) is 12.8. The Labute approximate surface area is 100 Å². The lowest BCUT2D eigenvalue weighted by atomic mass is 10.0. The maximum Gasteiger partial charge on any atom is 0.126 e. The van der Waals surface area contributed by atoms with Gasteiger partial charge in [-0.15, -0.1) is 0 Å². The van der Waals surface area contributed by atoms with Crippen LogP contribution in [0.5, 0.6) is 0 Å². The number of hydrogen-bond acceptors (Lipinski definition) is 0. The lowest BCUT2D eigenvalue weighted by molar-refractivity contribution is 0.598. The summed E-state index contributed by atoms with van der Waals surface area (Å²) in [5.74, 6) is -0.0724. The number of halogens is 2. The maximum absolute atomic E-state index is 13.4. The van der Waals surface area contributed by atoms with Gasteiger partial charge in [0.1, 0.15) is 5.82 Å². The van der Waals surface area contributed by atoms with Crippen molar-refractivity contribution in [3.8, 4) is 0 Å². The van der Waals surface area contributed by atoms with Crippen molar-refractivity contribution < 1.29 is 4.39 Å². The summed E-state index contributed by atoms with van der Waals surface area (Å²) in [5, 5.41) is 0. The Morgan fingerprint density at radius 3 is 2.73 bits per heavy atom. The fourth-order valence-corrected chi connectivity index (χ4v) is 2.35. The predicted molar refractivity (Wildman–Crippen MR) is 67.1 cm³/mol. The van der Waals surface area contributed by atoms with Crippen molar-refractivity contribution in [3.05, 3.63) is 35.1 Å². The lowest BCUT2D eigenvalue weighted by Crippen LogP contribution is -2.01. The van der Waals surface area contributed by atoms with E-state index in [2.05, 4.69) is 22.9 Å². The molecule has 0 amide bonds. The predicted octanol–water partition coefficient (Wildman–Crippen LogP) is 4.63. The molecule has 1 aromatic carbocycles. The van der Waals surface area contributed by atoms with Crippen molar-refractivity contribution in [1.29, 1.82) is 0 Å². The zero-order valence-corrected chi connectivity index (χ0v) is 11.0. The minimum Gasteiger partial charge on any atom is -0.207 e. The molecular formula is C13H18BrF. The van der Waals surface area contributed by atoms with E-state index in [1.807, 2.05) is 19.1 Å². The first kappa shape index (κ1) is 12.7. The molecule has 0 saturated carbocycles. The second-order valence-corrected chi connectivity index (χ2v) is 5.31. The van der Waals surface area contributed by atoms with E-state index in [0.717, 1.165) is 30.4 Å². The molecule has 15 heavy (non-hydrogen) atoms. The minimum atomic E-state index is -0.0724. The molecule has 1 aromatic rings. The minimum absolute atomic E-state index is 0.0724. The molecule has 0 radical (unpaired) electrons. The number of alkyl halides is 1. The Morgan fingerprint density at radius 1 is 1.33 bits per heavy atom.